The van der Waals surface area contributed by atoms with E-state index in [1.54, 1.807) is 24.3 Å². The second-order valence-corrected chi connectivity index (χ2v) is 8.08. The van der Waals surface area contributed by atoms with Crippen molar-refractivity contribution in [2.75, 3.05) is 11.9 Å². The van der Waals surface area contributed by atoms with Gasteiger partial charge in [-0.3, -0.25) is 15.1 Å². The summed E-state index contributed by atoms with van der Waals surface area (Å²) in [6.45, 7) is 0.342. The molecule has 1 atom stereocenters. The molecule has 4 rings (SSSR count). The second kappa shape index (κ2) is 8.65. The van der Waals surface area contributed by atoms with Crippen LogP contribution in [0.2, 0.25) is 4.34 Å². The van der Waals surface area contributed by atoms with Gasteiger partial charge >= 0.3 is 0 Å². The van der Waals surface area contributed by atoms with Crippen LogP contribution in [-0.4, -0.2) is 18.6 Å². The molecule has 0 saturated heterocycles. The lowest BCUT2D eigenvalue weighted by Crippen LogP contribution is -2.31. The number of carbonyl (C=O) groups excluding carboxylic acids is 1. The highest BCUT2D eigenvalue weighted by molar-refractivity contribution is 7.17. The van der Waals surface area contributed by atoms with Crippen molar-refractivity contribution in [2.24, 2.45) is 0 Å². The monoisotopic (exact) mass is 429 g/mol. The zero-order chi connectivity index (χ0) is 20.2. The zero-order valence-corrected chi connectivity index (χ0v) is 16.7. The van der Waals surface area contributed by atoms with Crippen LogP contribution in [0.15, 0.2) is 66.7 Å². The van der Waals surface area contributed by atoms with E-state index in [9.17, 15) is 9.18 Å². The first-order chi connectivity index (χ1) is 14.1. The topological polar surface area (TPSA) is 62.4 Å². The molecule has 148 valence electrons. The van der Waals surface area contributed by atoms with E-state index in [-0.39, 0.29) is 17.8 Å². The molecule has 3 aromatic rings. The summed E-state index contributed by atoms with van der Waals surface area (Å²) in [5.74, 6) is -0.446. The van der Waals surface area contributed by atoms with Crippen LogP contribution in [0, 0.1) is 5.82 Å². The van der Waals surface area contributed by atoms with E-state index in [4.69, 9.17) is 16.4 Å². The average molecular weight is 430 g/mol. The van der Waals surface area contributed by atoms with Crippen molar-refractivity contribution in [1.82, 2.24) is 10.8 Å². The summed E-state index contributed by atoms with van der Waals surface area (Å²) < 4.78 is 13.6. The number of nitrogens with one attached hydrogen (secondary N) is 3. The van der Waals surface area contributed by atoms with Crippen LogP contribution in [0.25, 0.3) is 5.70 Å². The van der Waals surface area contributed by atoms with Gasteiger partial charge in [-0.2, -0.15) is 0 Å². The molecule has 1 aliphatic heterocycles. The summed E-state index contributed by atoms with van der Waals surface area (Å²) in [7, 11) is 0. The van der Waals surface area contributed by atoms with Gasteiger partial charge in [-0.15, -0.1) is 11.3 Å². The van der Waals surface area contributed by atoms with Crippen molar-refractivity contribution in [2.45, 2.75) is 6.10 Å². The molecule has 0 saturated carbocycles. The van der Waals surface area contributed by atoms with Gasteiger partial charge in [-0.1, -0.05) is 23.7 Å². The van der Waals surface area contributed by atoms with E-state index < -0.39 is 0 Å². The Morgan fingerprint density at radius 2 is 1.76 bits per heavy atom. The van der Waals surface area contributed by atoms with Gasteiger partial charge in [0.05, 0.1) is 21.5 Å². The number of benzene rings is 2. The van der Waals surface area contributed by atoms with Crippen molar-refractivity contribution in [3.05, 3.63) is 87.3 Å². The minimum atomic E-state index is -0.276. The van der Waals surface area contributed by atoms with Crippen LogP contribution < -0.4 is 16.1 Å². The van der Waals surface area contributed by atoms with Gasteiger partial charge in [-0.05, 0) is 60.2 Å². The van der Waals surface area contributed by atoms with Gasteiger partial charge in [0, 0.05) is 11.4 Å². The molecule has 0 bridgehead atoms. The molecule has 0 aliphatic carbocycles. The fourth-order valence-electron chi connectivity index (χ4n) is 2.80. The summed E-state index contributed by atoms with van der Waals surface area (Å²) in [6, 6.07) is 17.3. The quantitative estimate of drug-likeness (QED) is 0.518. The summed E-state index contributed by atoms with van der Waals surface area (Å²) in [6.07, 6.45) is 1.64. The highest BCUT2D eigenvalue weighted by atomic mass is 35.5. The normalized spacial score (nSPS) is 15.5. The predicted octanol–water partition coefficient (Wildman–Crippen LogP) is 4.96. The molecule has 1 unspecified atom stereocenters. The molecular weight excluding hydrogens is 413 g/mol. The van der Waals surface area contributed by atoms with Gasteiger partial charge < -0.3 is 10.6 Å². The molecular formula is C21H17ClFN3O2S. The second-order valence-electron chi connectivity index (χ2n) is 6.36. The number of rotatable bonds is 6. The first-order valence-corrected chi connectivity index (χ1v) is 10.1. The van der Waals surface area contributed by atoms with Crippen LogP contribution in [0.1, 0.15) is 15.2 Å². The third-order valence-corrected chi connectivity index (χ3v) is 5.49. The first-order valence-electron chi connectivity index (χ1n) is 8.87. The molecule has 1 aliphatic rings. The van der Waals surface area contributed by atoms with Gasteiger partial charge in [0.15, 0.2) is 0 Å². The van der Waals surface area contributed by atoms with Crippen molar-refractivity contribution >= 4 is 45.9 Å². The number of thiophene rings is 1. The van der Waals surface area contributed by atoms with E-state index in [1.165, 1.54) is 23.5 Å². The number of hydroxylamine groups is 1. The average Bonchev–Trinajstić information content (AvgIpc) is 3.38. The van der Waals surface area contributed by atoms with Crippen LogP contribution in [0.3, 0.4) is 0 Å². The minimum absolute atomic E-state index is 0.177. The summed E-state index contributed by atoms with van der Waals surface area (Å²) in [5.41, 5.74) is 6.37. The highest BCUT2D eigenvalue weighted by Crippen LogP contribution is 2.23. The van der Waals surface area contributed by atoms with Gasteiger partial charge in [0.2, 0.25) is 0 Å². The molecule has 5 nitrogen and oxygen atoms in total. The van der Waals surface area contributed by atoms with Crippen molar-refractivity contribution < 1.29 is 14.0 Å². The molecule has 1 amide bonds. The van der Waals surface area contributed by atoms with E-state index in [0.29, 0.717) is 15.8 Å². The van der Waals surface area contributed by atoms with Crippen molar-refractivity contribution in [1.29, 1.82) is 0 Å². The fourth-order valence-corrected chi connectivity index (χ4v) is 3.76. The number of amides is 1. The molecule has 3 N–H and O–H groups in total. The van der Waals surface area contributed by atoms with Crippen molar-refractivity contribution in [3.8, 4) is 0 Å². The van der Waals surface area contributed by atoms with E-state index >= 15 is 0 Å². The van der Waals surface area contributed by atoms with E-state index in [2.05, 4.69) is 16.1 Å². The first kappa shape index (κ1) is 19.4. The fraction of sp³-hybridized carbons (Fsp3) is 0.0952. The lowest BCUT2D eigenvalue weighted by Gasteiger charge is -2.09. The summed E-state index contributed by atoms with van der Waals surface area (Å²) >= 11 is 7.09. The number of carbonyl (C=O) groups is 1. The van der Waals surface area contributed by atoms with Crippen LogP contribution >= 0.6 is 22.9 Å². The van der Waals surface area contributed by atoms with Gasteiger partial charge in [0.1, 0.15) is 11.9 Å². The van der Waals surface area contributed by atoms with Crippen LogP contribution in [0.5, 0.6) is 0 Å². The largest absolute Gasteiger partial charge is 0.356 e. The highest BCUT2D eigenvalue weighted by Gasteiger charge is 2.19. The maximum Gasteiger partial charge on any atom is 0.261 e. The Labute approximate surface area is 176 Å². The number of hydrogen-bond donors (Lipinski definition) is 3. The van der Waals surface area contributed by atoms with E-state index in [0.717, 1.165) is 22.6 Å². The Morgan fingerprint density at radius 3 is 2.41 bits per heavy atom. The lowest BCUT2D eigenvalue weighted by atomic mass is 10.1. The molecule has 2 aromatic carbocycles. The molecule has 1 aromatic heterocycles. The third kappa shape index (κ3) is 4.95. The Morgan fingerprint density at radius 1 is 1.07 bits per heavy atom. The standard InChI is InChI=1S/C21H17ClFN3O2S/c22-20-10-9-19(29-20)21(27)24-12-17-11-18(26-28-17)13-1-5-15(6-2-13)25-16-7-3-14(23)4-8-16/h1-11,17,25-26H,12H2,(H,24,27). The molecule has 2 heterocycles. The number of hydrogen-bond acceptors (Lipinski definition) is 5. The molecule has 8 heteroatoms. The van der Waals surface area contributed by atoms with Gasteiger partial charge in [-0.25, -0.2) is 4.39 Å². The smallest absolute Gasteiger partial charge is 0.261 e. The number of halogens is 2. The van der Waals surface area contributed by atoms with Gasteiger partial charge in [0.25, 0.3) is 5.91 Å². The predicted molar refractivity (Wildman–Crippen MR) is 114 cm³/mol. The maximum atomic E-state index is 13.0. The summed E-state index contributed by atoms with van der Waals surface area (Å²) in [5, 5.41) is 6.05. The zero-order valence-electron chi connectivity index (χ0n) is 15.1. The molecule has 29 heavy (non-hydrogen) atoms. The molecule has 0 radical (unpaired) electrons. The number of anilines is 2. The maximum absolute atomic E-state index is 13.0. The third-order valence-electron chi connectivity index (χ3n) is 4.26. The Bertz CT molecular complexity index is 1030. The Balaban J connectivity index is 1.33. The summed E-state index contributed by atoms with van der Waals surface area (Å²) in [4.78, 5) is 18.2. The van der Waals surface area contributed by atoms with E-state index in [1.807, 2.05) is 30.3 Å². The SMILES string of the molecule is O=C(NCC1C=C(c2ccc(Nc3ccc(F)cc3)cc2)NO1)c1ccc(Cl)s1. The molecule has 0 fully saturated rings. The van der Waals surface area contributed by atoms with Crippen LogP contribution in [-0.2, 0) is 4.84 Å². The Kier molecular flexibility index (Phi) is 5.80. The minimum Gasteiger partial charge on any atom is -0.356 e. The van der Waals surface area contributed by atoms with Crippen LogP contribution in [0.4, 0.5) is 15.8 Å². The van der Waals surface area contributed by atoms with Crippen molar-refractivity contribution in [3.63, 3.8) is 0 Å². The Hall–Kier alpha value is -2.87. The lowest BCUT2D eigenvalue weighted by molar-refractivity contribution is 0.0499. The molecule has 0 spiro atoms.